The third kappa shape index (κ3) is 2.84. The number of rotatable bonds is 5. The van der Waals surface area contributed by atoms with E-state index in [2.05, 4.69) is 41.1 Å². The largest absolute Gasteiger partial charge is 0.371 e. The van der Waals surface area contributed by atoms with Crippen molar-refractivity contribution in [2.24, 2.45) is 0 Å². The molecule has 0 amide bonds. The maximum atomic E-state index is 11.3. The van der Waals surface area contributed by atoms with Crippen molar-refractivity contribution in [3.63, 3.8) is 0 Å². The van der Waals surface area contributed by atoms with Gasteiger partial charge in [0.2, 0.25) is 0 Å². The third-order valence-corrected chi connectivity index (χ3v) is 3.62. The standard InChI is InChI=1S/C15H22N2O/c1-3-13(18)7-6-10-17-12-11-16(2)14-8-4-5-9-15(14)17/h4-5,8-9H,3,6-7,10-12H2,1-2H3. The Morgan fingerprint density at radius 3 is 2.67 bits per heavy atom. The Hall–Kier alpha value is -1.51. The van der Waals surface area contributed by atoms with Gasteiger partial charge in [-0.15, -0.1) is 0 Å². The van der Waals surface area contributed by atoms with Gasteiger partial charge in [0, 0.05) is 39.5 Å². The molecule has 18 heavy (non-hydrogen) atoms. The molecule has 1 aliphatic rings. The molecular formula is C15H22N2O. The molecule has 98 valence electrons. The number of ketones is 1. The zero-order chi connectivity index (χ0) is 13.0. The summed E-state index contributed by atoms with van der Waals surface area (Å²) in [7, 11) is 2.14. The number of carbonyl (C=O) groups excluding carboxylic acids is 1. The lowest BCUT2D eigenvalue weighted by atomic mass is 10.1. The molecular weight excluding hydrogens is 224 g/mol. The van der Waals surface area contributed by atoms with Crippen LogP contribution in [0.15, 0.2) is 24.3 Å². The molecule has 0 atom stereocenters. The van der Waals surface area contributed by atoms with Gasteiger partial charge in [-0.2, -0.15) is 0 Å². The number of carbonyl (C=O) groups is 1. The second-order valence-corrected chi connectivity index (χ2v) is 4.89. The van der Waals surface area contributed by atoms with Crippen LogP contribution in [0, 0.1) is 0 Å². The number of Topliss-reactive ketones (excluding diaryl/α,β-unsaturated/α-hetero) is 1. The Balaban J connectivity index is 1.98. The molecule has 3 nitrogen and oxygen atoms in total. The van der Waals surface area contributed by atoms with Crippen LogP contribution in [0.2, 0.25) is 0 Å². The molecule has 0 aromatic heterocycles. The fourth-order valence-electron chi connectivity index (χ4n) is 2.44. The maximum Gasteiger partial charge on any atom is 0.132 e. The summed E-state index contributed by atoms with van der Waals surface area (Å²) < 4.78 is 0. The minimum atomic E-state index is 0.373. The molecule has 0 N–H and O–H groups in total. The van der Waals surface area contributed by atoms with E-state index in [1.165, 1.54) is 11.4 Å². The Kier molecular flexibility index (Phi) is 4.24. The summed E-state index contributed by atoms with van der Waals surface area (Å²) in [6, 6.07) is 8.51. The normalized spacial score (nSPS) is 14.6. The minimum Gasteiger partial charge on any atom is -0.371 e. The number of nitrogens with zero attached hydrogens (tertiary/aromatic N) is 2. The van der Waals surface area contributed by atoms with E-state index in [-0.39, 0.29) is 0 Å². The van der Waals surface area contributed by atoms with Gasteiger partial charge < -0.3 is 9.80 Å². The average molecular weight is 246 g/mol. The number of likely N-dealkylation sites (N-methyl/N-ethyl adjacent to an activating group) is 1. The first-order valence-electron chi connectivity index (χ1n) is 6.79. The van der Waals surface area contributed by atoms with Crippen molar-refractivity contribution >= 4 is 17.2 Å². The number of benzene rings is 1. The number of fused-ring (bicyclic) bond motifs is 1. The first-order valence-corrected chi connectivity index (χ1v) is 6.79. The van der Waals surface area contributed by atoms with Gasteiger partial charge in [-0.25, -0.2) is 0 Å². The summed E-state index contributed by atoms with van der Waals surface area (Å²) in [6.45, 7) is 5.02. The molecule has 1 aromatic carbocycles. The first-order chi connectivity index (χ1) is 8.72. The zero-order valence-electron chi connectivity index (χ0n) is 11.4. The Morgan fingerprint density at radius 2 is 1.94 bits per heavy atom. The van der Waals surface area contributed by atoms with Crippen LogP contribution in [0.25, 0.3) is 0 Å². The predicted molar refractivity (Wildman–Crippen MR) is 76.5 cm³/mol. The van der Waals surface area contributed by atoms with Crippen molar-refractivity contribution in [3.05, 3.63) is 24.3 Å². The summed E-state index contributed by atoms with van der Waals surface area (Å²) in [6.07, 6.45) is 2.34. The molecule has 0 spiro atoms. The Bertz CT molecular complexity index is 417. The fourth-order valence-corrected chi connectivity index (χ4v) is 2.44. The van der Waals surface area contributed by atoms with Gasteiger partial charge in [-0.1, -0.05) is 19.1 Å². The van der Waals surface area contributed by atoms with Crippen molar-refractivity contribution < 1.29 is 4.79 Å². The third-order valence-electron chi connectivity index (χ3n) is 3.62. The van der Waals surface area contributed by atoms with Crippen LogP contribution in [-0.4, -0.2) is 32.5 Å². The second kappa shape index (κ2) is 5.89. The summed E-state index contributed by atoms with van der Waals surface area (Å²) >= 11 is 0. The number of hydrogen-bond acceptors (Lipinski definition) is 3. The highest BCUT2D eigenvalue weighted by molar-refractivity contribution is 5.78. The number of para-hydroxylation sites is 2. The highest BCUT2D eigenvalue weighted by Gasteiger charge is 2.19. The summed E-state index contributed by atoms with van der Waals surface area (Å²) in [5.74, 6) is 0.373. The van der Waals surface area contributed by atoms with E-state index in [4.69, 9.17) is 0 Å². The van der Waals surface area contributed by atoms with E-state index >= 15 is 0 Å². The lowest BCUT2D eigenvalue weighted by Gasteiger charge is -2.37. The molecule has 0 bridgehead atoms. The number of anilines is 2. The van der Waals surface area contributed by atoms with E-state index in [0.717, 1.165) is 26.1 Å². The predicted octanol–water partition coefficient (Wildman–Crippen LogP) is 2.70. The van der Waals surface area contributed by atoms with Gasteiger partial charge in [0.1, 0.15) is 5.78 Å². The topological polar surface area (TPSA) is 23.6 Å². The van der Waals surface area contributed by atoms with Gasteiger partial charge in [0.15, 0.2) is 0 Å². The van der Waals surface area contributed by atoms with Crippen molar-refractivity contribution in [1.29, 1.82) is 0 Å². The average Bonchev–Trinajstić information content (AvgIpc) is 2.41. The highest BCUT2D eigenvalue weighted by atomic mass is 16.1. The van der Waals surface area contributed by atoms with E-state index in [1.807, 2.05) is 6.92 Å². The molecule has 1 aromatic rings. The summed E-state index contributed by atoms with van der Waals surface area (Å²) in [5.41, 5.74) is 2.60. The lowest BCUT2D eigenvalue weighted by Crippen LogP contribution is -2.39. The Labute approximate surface area is 109 Å². The van der Waals surface area contributed by atoms with Gasteiger partial charge >= 0.3 is 0 Å². The van der Waals surface area contributed by atoms with Crippen molar-refractivity contribution in [1.82, 2.24) is 0 Å². The molecule has 0 unspecified atom stereocenters. The first kappa shape index (κ1) is 12.9. The molecule has 1 aliphatic heterocycles. The van der Waals surface area contributed by atoms with Crippen LogP contribution in [0.5, 0.6) is 0 Å². The van der Waals surface area contributed by atoms with Crippen molar-refractivity contribution in [2.75, 3.05) is 36.5 Å². The van der Waals surface area contributed by atoms with Crippen molar-refractivity contribution in [2.45, 2.75) is 26.2 Å². The van der Waals surface area contributed by atoms with Gasteiger partial charge in [0.05, 0.1) is 11.4 Å². The van der Waals surface area contributed by atoms with Crippen LogP contribution < -0.4 is 9.80 Å². The quantitative estimate of drug-likeness (QED) is 0.798. The molecule has 0 saturated heterocycles. The lowest BCUT2D eigenvalue weighted by molar-refractivity contribution is -0.118. The molecule has 0 radical (unpaired) electrons. The second-order valence-electron chi connectivity index (χ2n) is 4.89. The monoisotopic (exact) mass is 246 g/mol. The Morgan fingerprint density at radius 1 is 1.22 bits per heavy atom. The van der Waals surface area contributed by atoms with Crippen LogP contribution in [-0.2, 0) is 4.79 Å². The molecule has 1 heterocycles. The molecule has 2 rings (SSSR count). The van der Waals surface area contributed by atoms with Crippen LogP contribution in [0.1, 0.15) is 26.2 Å². The molecule has 0 saturated carbocycles. The molecule has 3 heteroatoms. The zero-order valence-corrected chi connectivity index (χ0v) is 11.4. The fraction of sp³-hybridized carbons (Fsp3) is 0.533. The smallest absolute Gasteiger partial charge is 0.132 e. The van der Waals surface area contributed by atoms with Crippen LogP contribution in [0.4, 0.5) is 11.4 Å². The maximum absolute atomic E-state index is 11.3. The van der Waals surface area contributed by atoms with E-state index in [9.17, 15) is 4.79 Å². The van der Waals surface area contributed by atoms with Crippen LogP contribution in [0.3, 0.4) is 0 Å². The summed E-state index contributed by atoms with van der Waals surface area (Å²) in [4.78, 5) is 16.0. The number of hydrogen-bond donors (Lipinski definition) is 0. The highest BCUT2D eigenvalue weighted by Crippen LogP contribution is 2.31. The summed E-state index contributed by atoms with van der Waals surface area (Å²) in [5, 5.41) is 0. The van der Waals surface area contributed by atoms with Crippen LogP contribution >= 0.6 is 0 Å². The molecule has 0 aliphatic carbocycles. The van der Waals surface area contributed by atoms with E-state index in [1.54, 1.807) is 0 Å². The van der Waals surface area contributed by atoms with Gasteiger partial charge in [0.25, 0.3) is 0 Å². The van der Waals surface area contributed by atoms with Gasteiger partial charge in [-0.3, -0.25) is 4.79 Å². The molecule has 0 fully saturated rings. The van der Waals surface area contributed by atoms with E-state index in [0.29, 0.717) is 18.6 Å². The van der Waals surface area contributed by atoms with Crippen molar-refractivity contribution in [3.8, 4) is 0 Å². The van der Waals surface area contributed by atoms with E-state index < -0.39 is 0 Å². The van der Waals surface area contributed by atoms with Gasteiger partial charge in [-0.05, 0) is 18.6 Å². The SMILES string of the molecule is CCC(=O)CCCN1CCN(C)c2ccccc21. The minimum absolute atomic E-state index is 0.373.